The van der Waals surface area contributed by atoms with Gasteiger partial charge in [0.05, 0.1) is 12.5 Å². The third-order valence-corrected chi connectivity index (χ3v) is 6.11. The first-order chi connectivity index (χ1) is 9.61. The molecule has 0 saturated heterocycles. The van der Waals surface area contributed by atoms with E-state index in [1.54, 1.807) is 0 Å². The van der Waals surface area contributed by atoms with Gasteiger partial charge in [-0.25, -0.2) is 0 Å². The third kappa shape index (κ3) is 1.27. The van der Waals surface area contributed by atoms with Crippen LogP contribution in [0.1, 0.15) is 31.2 Å². The average Bonchev–Trinajstić information content (AvgIpc) is 2.85. The van der Waals surface area contributed by atoms with Crippen LogP contribution in [-0.2, 0) is 14.9 Å². The van der Waals surface area contributed by atoms with Gasteiger partial charge in [0.25, 0.3) is 0 Å². The van der Waals surface area contributed by atoms with Crippen LogP contribution >= 0.6 is 0 Å². The predicted octanol–water partition coefficient (Wildman–Crippen LogP) is 3.47. The summed E-state index contributed by atoms with van der Waals surface area (Å²) in [5, 5.41) is 0. The summed E-state index contributed by atoms with van der Waals surface area (Å²) in [7, 11) is 1.52. The minimum atomic E-state index is -0.287. The van der Waals surface area contributed by atoms with Crippen molar-refractivity contribution in [2.75, 3.05) is 7.11 Å². The van der Waals surface area contributed by atoms with Crippen LogP contribution in [0.3, 0.4) is 0 Å². The SMILES string of the molecule is C=C1C2CC3(c4ccccc4)CC1C(C(=O)OC)(C2)C3. The van der Waals surface area contributed by atoms with Crippen LogP contribution in [0.2, 0.25) is 0 Å². The molecule has 0 spiro atoms. The number of hydrogen-bond acceptors (Lipinski definition) is 2. The fourth-order valence-corrected chi connectivity index (χ4v) is 5.40. The van der Waals surface area contributed by atoms with E-state index >= 15 is 0 Å². The highest BCUT2D eigenvalue weighted by atomic mass is 16.5. The lowest BCUT2D eigenvalue weighted by Gasteiger charge is -2.41. The summed E-state index contributed by atoms with van der Waals surface area (Å²) in [6.45, 7) is 4.29. The molecule has 5 rings (SSSR count). The van der Waals surface area contributed by atoms with E-state index in [0.29, 0.717) is 11.8 Å². The summed E-state index contributed by atoms with van der Waals surface area (Å²) >= 11 is 0. The Morgan fingerprint density at radius 2 is 2.00 bits per heavy atom. The molecule has 0 N–H and O–H groups in total. The largest absolute Gasteiger partial charge is 0.469 e. The quantitative estimate of drug-likeness (QED) is 0.606. The van der Waals surface area contributed by atoms with Gasteiger partial charge < -0.3 is 4.74 Å². The Labute approximate surface area is 119 Å². The molecule has 2 heteroatoms. The lowest BCUT2D eigenvalue weighted by Crippen LogP contribution is -2.38. The number of methoxy groups -OCH3 is 1. The number of ether oxygens (including phenoxy) is 1. The second-order valence-corrected chi connectivity index (χ2v) is 6.91. The maximum absolute atomic E-state index is 12.4. The number of allylic oxidation sites excluding steroid dienone is 1. The van der Waals surface area contributed by atoms with E-state index in [-0.39, 0.29) is 16.8 Å². The maximum Gasteiger partial charge on any atom is 0.312 e. The summed E-state index contributed by atoms with van der Waals surface area (Å²) in [4.78, 5) is 12.4. The Hall–Kier alpha value is -1.57. The Morgan fingerprint density at radius 3 is 2.70 bits per heavy atom. The molecule has 1 aromatic carbocycles. The molecule has 4 aliphatic rings. The van der Waals surface area contributed by atoms with Gasteiger partial charge in [0.2, 0.25) is 0 Å². The summed E-state index contributed by atoms with van der Waals surface area (Å²) in [5.41, 5.74) is 2.59. The zero-order valence-electron chi connectivity index (χ0n) is 11.9. The molecular formula is C18H20O2. The predicted molar refractivity (Wildman–Crippen MR) is 77.2 cm³/mol. The lowest BCUT2D eigenvalue weighted by molar-refractivity contribution is -0.154. The van der Waals surface area contributed by atoms with Gasteiger partial charge in [0.1, 0.15) is 0 Å². The second-order valence-electron chi connectivity index (χ2n) is 6.91. The van der Waals surface area contributed by atoms with E-state index < -0.39 is 0 Å². The summed E-state index contributed by atoms with van der Waals surface area (Å²) < 4.78 is 5.16. The van der Waals surface area contributed by atoms with E-state index in [0.717, 1.165) is 25.7 Å². The molecule has 4 unspecified atom stereocenters. The standard InChI is InChI=1S/C18H20O2/c1-12-13-8-17(14-6-4-3-5-7-14)10-15(12)18(9-13,11-17)16(19)20-2/h3-7,13,15H,1,8-11H2,2H3. The Balaban J connectivity index is 1.82. The van der Waals surface area contributed by atoms with E-state index in [1.807, 2.05) is 0 Å². The fourth-order valence-electron chi connectivity index (χ4n) is 5.40. The third-order valence-electron chi connectivity index (χ3n) is 6.11. The molecule has 4 bridgehead atoms. The minimum Gasteiger partial charge on any atom is -0.469 e. The number of esters is 1. The van der Waals surface area contributed by atoms with Gasteiger partial charge in [-0.05, 0) is 48.5 Å². The van der Waals surface area contributed by atoms with E-state index in [4.69, 9.17) is 4.74 Å². The molecule has 0 amide bonds. The number of benzene rings is 1. The summed E-state index contributed by atoms with van der Waals surface area (Å²) in [5.74, 6) is 0.819. The molecule has 20 heavy (non-hydrogen) atoms. The normalized spacial score (nSPS) is 41.1. The van der Waals surface area contributed by atoms with E-state index in [9.17, 15) is 4.79 Å². The first-order valence-corrected chi connectivity index (χ1v) is 7.44. The summed E-state index contributed by atoms with van der Waals surface area (Å²) in [6.07, 6.45) is 4.13. The van der Waals surface area contributed by atoms with Crippen molar-refractivity contribution in [3.63, 3.8) is 0 Å². The van der Waals surface area contributed by atoms with Crippen LogP contribution in [-0.4, -0.2) is 13.1 Å². The lowest BCUT2D eigenvalue weighted by atomic mass is 9.63. The van der Waals surface area contributed by atoms with Gasteiger partial charge in [0, 0.05) is 0 Å². The van der Waals surface area contributed by atoms with Gasteiger partial charge in [0.15, 0.2) is 0 Å². The fraction of sp³-hybridized carbons (Fsp3) is 0.500. The number of carbonyl (C=O) groups is 1. The first kappa shape index (κ1) is 12.2. The Bertz CT molecular complexity index is 591. The molecule has 4 aliphatic carbocycles. The van der Waals surface area contributed by atoms with Gasteiger partial charge in [-0.2, -0.15) is 0 Å². The van der Waals surface area contributed by atoms with Crippen molar-refractivity contribution in [2.45, 2.75) is 31.1 Å². The highest BCUT2D eigenvalue weighted by Gasteiger charge is 2.69. The highest BCUT2D eigenvalue weighted by molar-refractivity contribution is 5.80. The zero-order chi connectivity index (χ0) is 14.0. The van der Waals surface area contributed by atoms with Crippen LogP contribution in [0.15, 0.2) is 42.5 Å². The monoisotopic (exact) mass is 268 g/mol. The van der Waals surface area contributed by atoms with Crippen LogP contribution in [0.4, 0.5) is 0 Å². The molecule has 0 heterocycles. The van der Waals surface area contributed by atoms with Crippen molar-refractivity contribution in [1.29, 1.82) is 0 Å². The smallest absolute Gasteiger partial charge is 0.312 e. The van der Waals surface area contributed by atoms with Crippen LogP contribution in [0.5, 0.6) is 0 Å². The molecule has 1 aromatic rings. The molecule has 0 aliphatic heterocycles. The Morgan fingerprint density at radius 1 is 1.25 bits per heavy atom. The van der Waals surface area contributed by atoms with Crippen molar-refractivity contribution in [3.05, 3.63) is 48.0 Å². The molecule has 0 radical (unpaired) electrons. The van der Waals surface area contributed by atoms with E-state index in [2.05, 4.69) is 36.9 Å². The van der Waals surface area contributed by atoms with Gasteiger partial charge >= 0.3 is 5.97 Å². The first-order valence-electron chi connectivity index (χ1n) is 7.44. The summed E-state index contributed by atoms with van der Waals surface area (Å²) in [6, 6.07) is 10.7. The minimum absolute atomic E-state index is 0.0105. The average molecular weight is 268 g/mol. The van der Waals surface area contributed by atoms with Gasteiger partial charge in [-0.3, -0.25) is 4.79 Å². The molecule has 4 saturated carbocycles. The molecule has 2 nitrogen and oxygen atoms in total. The number of hydrogen-bond donors (Lipinski definition) is 0. The molecule has 4 atom stereocenters. The molecule has 0 aromatic heterocycles. The van der Waals surface area contributed by atoms with Crippen molar-refractivity contribution >= 4 is 5.97 Å². The Kier molecular flexibility index (Phi) is 2.28. The number of rotatable bonds is 2. The molecule has 104 valence electrons. The van der Waals surface area contributed by atoms with Gasteiger partial charge in [-0.1, -0.05) is 42.5 Å². The topological polar surface area (TPSA) is 26.3 Å². The second kappa shape index (κ2) is 3.75. The maximum atomic E-state index is 12.4. The van der Waals surface area contributed by atoms with Crippen molar-refractivity contribution in [3.8, 4) is 0 Å². The van der Waals surface area contributed by atoms with Crippen LogP contribution < -0.4 is 0 Å². The van der Waals surface area contributed by atoms with Crippen LogP contribution in [0, 0.1) is 17.3 Å². The molecule has 4 fully saturated rings. The van der Waals surface area contributed by atoms with E-state index in [1.165, 1.54) is 18.2 Å². The van der Waals surface area contributed by atoms with Crippen molar-refractivity contribution in [2.24, 2.45) is 17.3 Å². The molecular weight excluding hydrogens is 248 g/mol. The van der Waals surface area contributed by atoms with Gasteiger partial charge in [-0.15, -0.1) is 0 Å². The zero-order valence-corrected chi connectivity index (χ0v) is 11.9. The van der Waals surface area contributed by atoms with Crippen molar-refractivity contribution < 1.29 is 9.53 Å². The highest BCUT2D eigenvalue weighted by Crippen LogP contribution is 2.72. The number of carbonyl (C=O) groups excluding carboxylic acids is 1. The van der Waals surface area contributed by atoms with Crippen LogP contribution in [0.25, 0.3) is 0 Å². The van der Waals surface area contributed by atoms with Crippen molar-refractivity contribution in [1.82, 2.24) is 0 Å².